The second-order valence-electron chi connectivity index (χ2n) is 8.25. The van der Waals surface area contributed by atoms with Crippen molar-refractivity contribution >= 4 is 17.1 Å². The molecule has 0 radical (unpaired) electrons. The molecule has 4 rings (SSSR count). The molecule has 0 fully saturated rings. The van der Waals surface area contributed by atoms with Gasteiger partial charge in [0.2, 0.25) is 0 Å². The number of anilines is 3. The normalized spacial score (nSPS) is 10.8. The number of phenolic OH excluding ortho intramolecular Hbond substituents is 3. The van der Waals surface area contributed by atoms with E-state index in [1.807, 2.05) is 81.1 Å². The lowest BCUT2D eigenvalue weighted by atomic mass is 10.1. The average molecular weight is 442 g/mol. The second kappa shape index (κ2) is 8.79. The first-order valence-electron chi connectivity index (χ1n) is 10.7. The van der Waals surface area contributed by atoms with Crippen molar-refractivity contribution in [2.45, 2.75) is 27.7 Å². The van der Waals surface area contributed by atoms with Crippen LogP contribution in [0.3, 0.4) is 0 Å². The number of aromatic hydroxyl groups is 3. The number of aryl methyl sites for hydroxylation is 2. The molecule has 0 bridgehead atoms. The van der Waals surface area contributed by atoms with Crippen LogP contribution in [0.2, 0.25) is 0 Å². The molecule has 0 aliphatic carbocycles. The zero-order chi connectivity index (χ0) is 23.7. The fraction of sp³-hybridized carbons (Fsp3) is 0.143. The first kappa shape index (κ1) is 22.1. The van der Waals surface area contributed by atoms with Gasteiger partial charge in [-0.15, -0.1) is 0 Å². The molecule has 33 heavy (non-hydrogen) atoms. The van der Waals surface area contributed by atoms with Gasteiger partial charge in [0.25, 0.3) is 0 Å². The summed E-state index contributed by atoms with van der Waals surface area (Å²) >= 11 is 0. The van der Waals surface area contributed by atoms with Crippen LogP contribution in [-0.4, -0.2) is 15.3 Å². The van der Waals surface area contributed by atoms with E-state index < -0.39 is 0 Å². The first-order valence-corrected chi connectivity index (χ1v) is 10.7. The van der Waals surface area contributed by atoms with Crippen LogP contribution in [0, 0.1) is 27.7 Å². The highest BCUT2D eigenvalue weighted by Gasteiger charge is 2.20. The van der Waals surface area contributed by atoms with E-state index in [0.717, 1.165) is 22.3 Å². The highest BCUT2D eigenvalue weighted by molar-refractivity contribution is 5.83. The Morgan fingerprint density at radius 1 is 0.606 bits per heavy atom. The number of hydrogen-bond acceptors (Lipinski definition) is 5. The van der Waals surface area contributed by atoms with Crippen molar-refractivity contribution in [3.63, 3.8) is 0 Å². The van der Waals surface area contributed by atoms with E-state index in [-0.39, 0.29) is 17.2 Å². The van der Waals surface area contributed by atoms with Crippen LogP contribution in [0.15, 0.2) is 72.8 Å². The minimum Gasteiger partial charge on any atom is -0.508 e. The summed E-state index contributed by atoms with van der Waals surface area (Å²) in [5.41, 5.74) is 5.37. The maximum Gasteiger partial charge on any atom is 0.139 e. The molecule has 0 aliphatic heterocycles. The van der Waals surface area contributed by atoms with E-state index in [4.69, 9.17) is 4.74 Å². The largest absolute Gasteiger partial charge is 0.508 e. The summed E-state index contributed by atoms with van der Waals surface area (Å²) in [5, 5.41) is 31.4. The number of hydrogen-bond donors (Lipinski definition) is 3. The maximum atomic E-state index is 10.7. The monoisotopic (exact) mass is 441 g/mol. The number of ether oxygens (including phenoxy) is 1. The van der Waals surface area contributed by atoms with E-state index in [9.17, 15) is 15.3 Å². The molecule has 0 unspecified atom stereocenters. The van der Waals surface area contributed by atoms with Crippen molar-refractivity contribution in [3.8, 4) is 28.7 Å². The molecule has 0 heterocycles. The first-order chi connectivity index (χ1) is 15.7. The smallest absolute Gasteiger partial charge is 0.139 e. The minimum absolute atomic E-state index is 0.0952. The topological polar surface area (TPSA) is 73.2 Å². The van der Waals surface area contributed by atoms with Crippen LogP contribution >= 0.6 is 0 Å². The molecule has 0 aromatic heterocycles. The number of benzene rings is 4. The molecule has 5 heteroatoms. The van der Waals surface area contributed by atoms with Gasteiger partial charge in [0, 0.05) is 6.07 Å². The third-order valence-corrected chi connectivity index (χ3v) is 5.76. The predicted molar refractivity (Wildman–Crippen MR) is 132 cm³/mol. The minimum atomic E-state index is 0.0952. The molecule has 5 nitrogen and oxygen atoms in total. The molecule has 0 saturated heterocycles. The van der Waals surface area contributed by atoms with Crippen LogP contribution < -0.4 is 9.64 Å². The van der Waals surface area contributed by atoms with Gasteiger partial charge in [-0.3, -0.25) is 0 Å². The van der Waals surface area contributed by atoms with Gasteiger partial charge in [0.1, 0.15) is 28.7 Å². The summed E-state index contributed by atoms with van der Waals surface area (Å²) in [6.07, 6.45) is 0. The van der Waals surface area contributed by atoms with Gasteiger partial charge in [-0.25, -0.2) is 0 Å². The van der Waals surface area contributed by atoms with Gasteiger partial charge in [0.05, 0.1) is 17.1 Å². The Balaban J connectivity index is 1.84. The van der Waals surface area contributed by atoms with Gasteiger partial charge >= 0.3 is 0 Å². The molecule has 0 atom stereocenters. The standard InChI is InChI=1S/C28H27NO4/c1-17-8-10-26(31)23(14-17)29(24-15-18(2)9-11-27(24)32)21-6-5-7-22(16-21)33-28-13-12-25(30)19(3)20(28)4/h5-16,30-32H,1-4H3. The summed E-state index contributed by atoms with van der Waals surface area (Å²) < 4.78 is 6.15. The van der Waals surface area contributed by atoms with Gasteiger partial charge < -0.3 is 25.0 Å². The van der Waals surface area contributed by atoms with Crippen LogP contribution in [0.1, 0.15) is 22.3 Å². The average Bonchev–Trinajstić information content (AvgIpc) is 2.79. The van der Waals surface area contributed by atoms with E-state index in [1.165, 1.54) is 0 Å². The Hall–Kier alpha value is -4.12. The predicted octanol–water partition coefficient (Wildman–Crippen LogP) is 7.30. The molecule has 0 aliphatic rings. The summed E-state index contributed by atoms with van der Waals surface area (Å²) in [7, 11) is 0. The highest BCUT2D eigenvalue weighted by atomic mass is 16.5. The molecular formula is C28H27NO4. The van der Waals surface area contributed by atoms with E-state index >= 15 is 0 Å². The molecular weight excluding hydrogens is 414 g/mol. The van der Waals surface area contributed by atoms with Crippen molar-refractivity contribution in [3.05, 3.63) is 95.1 Å². The molecule has 4 aromatic carbocycles. The Morgan fingerprint density at radius 2 is 1.18 bits per heavy atom. The van der Waals surface area contributed by atoms with Crippen molar-refractivity contribution in [1.29, 1.82) is 0 Å². The Morgan fingerprint density at radius 3 is 1.79 bits per heavy atom. The SMILES string of the molecule is Cc1ccc(O)c(N(c2cccc(Oc3ccc(O)c(C)c3C)c2)c2cc(C)ccc2O)c1. The summed E-state index contributed by atoms with van der Waals surface area (Å²) in [6.45, 7) is 7.65. The van der Waals surface area contributed by atoms with Gasteiger partial charge in [-0.2, -0.15) is 0 Å². The Labute approximate surface area is 193 Å². The molecule has 3 N–H and O–H groups in total. The fourth-order valence-corrected chi connectivity index (χ4v) is 3.74. The van der Waals surface area contributed by atoms with Crippen LogP contribution in [-0.2, 0) is 0 Å². The van der Waals surface area contributed by atoms with Crippen molar-refractivity contribution in [2.75, 3.05) is 4.90 Å². The van der Waals surface area contributed by atoms with Crippen molar-refractivity contribution in [2.24, 2.45) is 0 Å². The summed E-state index contributed by atoms with van der Waals surface area (Å²) in [5.74, 6) is 1.65. The Kier molecular flexibility index (Phi) is 5.88. The van der Waals surface area contributed by atoms with Crippen LogP contribution in [0.5, 0.6) is 28.7 Å². The number of phenols is 3. The van der Waals surface area contributed by atoms with E-state index in [2.05, 4.69) is 0 Å². The molecule has 4 aromatic rings. The highest BCUT2D eigenvalue weighted by Crippen LogP contribution is 2.45. The van der Waals surface area contributed by atoms with Gasteiger partial charge in [0.15, 0.2) is 0 Å². The fourth-order valence-electron chi connectivity index (χ4n) is 3.74. The quantitative estimate of drug-likeness (QED) is 0.303. The summed E-state index contributed by atoms with van der Waals surface area (Å²) in [6, 6.07) is 21.5. The lowest BCUT2D eigenvalue weighted by Crippen LogP contribution is -2.11. The second-order valence-corrected chi connectivity index (χ2v) is 8.25. The van der Waals surface area contributed by atoms with Crippen LogP contribution in [0.25, 0.3) is 0 Å². The molecule has 0 spiro atoms. The van der Waals surface area contributed by atoms with E-state index in [1.54, 1.807) is 24.3 Å². The Bertz CT molecular complexity index is 1280. The zero-order valence-corrected chi connectivity index (χ0v) is 19.1. The molecule has 168 valence electrons. The third kappa shape index (κ3) is 4.44. The van der Waals surface area contributed by atoms with Crippen molar-refractivity contribution < 1.29 is 20.1 Å². The number of rotatable bonds is 5. The maximum absolute atomic E-state index is 10.7. The van der Waals surface area contributed by atoms with Gasteiger partial charge in [-0.1, -0.05) is 18.2 Å². The lowest BCUT2D eigenvalue weighted by molar-refractivity contribution is 0.457. The van der Waals surface area contributed by atoms with E-state index in [0.29, 0.717) is 28.6 Å². The molecule has 0 saturated carbocycles. The zero-order valence-electron chi connectivity index (χ0n) is 19.1. The number of nitrogens with zero attached hydrogens (tertiary/aromatic N) is 1. The van der Waals surface area contributed by atoms with Gasteiger partial charge in [-0.05, 0) is 98.5 Å². The summed E-state index contributed by atoms with van der Waals surface area (Å²) in [4.78, 5) is 1.81. The third-order valence-electron chi connectivity index (χ3n) is 5.76. The molecule has 0 amide bonds. The van der Waals surface area contributed by atoms with Crippen LogP contribution in [0.4, 0.5) is 17.1 Å². The van der Waals surface area contributed by atoms with Crippen molar-refractivity contribution in [1.82, 2.24) is 0 Å². The lowest BCUT2D eigenvalue weighted by Gasteiger charge is -2.27.